The molecule has 0 amide bonds. The van der Waals surface area contributed by atoms with Gasteiger partial charge in [-0.25, -0.2) is 0 Å². The lowest BCUT2D eigenvalue weighted by molar-refractivity contribution is 0.252. The monoisotopic (exact) mass is 250 g/mol. The van der Waals surface area contributed by atoms with Crippen LogP contribution >= 0.6 is 0 Å². The zero-order valence-corrected chi connectivity index (χ0v) is 11.3. The molecular formula is C14H22N2O2. The van der Waals surface area contributed by atoms with E-state index in [4.69, 9.17) is 15.2 Å². The Kier molecular flexibility index (Phi) is 4.09. The van der Waals surface area contributed by atoms with Crippen LogP contribution in [0.15, 0.2) is 18.2 Å². The molecule has 0 bridgehead atoms. The second-order valence-corrected chi connectivity index (χ2v) is 4.61. The van der Waals surface area contributed by atoms with E-state index in [9.17, 15) is 0 Å². The number of nitrogens with two attached hydrogens (primary N) is 1. The molecule has 0 aromatic heterocycles. The summed E-state index contributed by atoms with van der Waals surface area (Å²) in [4.78, 5) is 2.39. The van der Waals surface area contributed by atoms with E-state index in [1.165, 1.54) is 0 Å². The highest BCUT2D eigenvalue weighted by atomic mass is 16.5. The normalized spacial score (nSPS) is 24.2. The number of ether oxygens (including phenoxy) is 2. The Morgan fingerprint density at radius 3 is 2.72 bits per heavy atom. The summed E-state index contributed by atoms with van der Waals surface area (Å²) in [6, 6.07) is 6.38. The van der Waals surface area contributed by atoms with Crippen LogP contribution in [0.2, 0.25) is 0 Å². The fraction of sp³-hybridized carbons (Fsp3) is 0.571. The van der Waals surface area contributed by atoms with Gasteiger partial charge in [-0.15, -0.1) is 0 Å². The number of nitrogens with zero attached hydrogens (tertiary/aromatic N) is 1. The van der Waals surface area contributed by atoms with E-state index in [0.29, 0.717) is 0 Å². The number of para-hydroxylation sites is 1. The zero-order chi connectivity index (χ0) is 13.1. The second kappa shape index (κ2) is 5.59. The van der Waals surface area contributed by atoms with Crippen molar-refractivity contribution in [3.8, 4) is 11.5 Å². The first-order valence-electron chi connectivity index (χ1n) is 6.43. The van der Waals surface area contributed by atoms with Crippen molar-refractivity contribution in [2.24, 2.45) is 5.73 Å². The maximum absolute atomic E-state index is 6.25. The fourth-order valence-electron chi connectivity index (χ4n) is 2.81. The van der Waals surface area contributed by atoms with Gasteiger partial charge < -0.3 is 15.2 Å². The quantitative estimate of drug-likeness (QED) is 0.885. The van der Waals surface area contributed by atoms with E-state index in [-0.39, 0.29) is 12.1 Å². The number of likely N-dealkylation sites (tertiary alicyclic amines) is 1. The van der Waals surface area contributed by atoms with Gasteiger partial charge in [-0.2, -0.15) is 0 Å². The molecule has 0 aliphatic carbocycles. The van der Waals surface area contributed by atoms with Crippen LogP contribution in [0.4, 0.5) is 0 Å². The van der Waals surface area contributed by atoms with E-state index in [1.54, 1.807) is 14.2 Å². The number of hydrogen-bond acceptors (Lipinski definition) is 4. The van der Waals surface area contributed by atoms with E-state index >= 15 is 0 Å². The predicted molar refractivity (Wildman–Crippen MR) is 72.1 cm³/mol. The second-order valence-electron chi connectivity index (χ2n) is 4.61. The van der Waals surface area contributed by atoms with Gasteiger partial charge in [0, 0.05) is 18.2 Å². The molecule has 1 fully saturated rings. The van der Waals surface area contributed by atoms with Gasteiger partial charge in [-0.3, -0.25) is 4.90 Å². The highest BCUT2D eigenvalue weighted by Gasteiger charge is 2.34. The molecule has 1 heterocycles. The minimum Gasteiger partial charge on any atom is -0.493 e. The van der Waals surface area contributed by atoms with Crippen molar-refractivity contribution < 1.29 is 9.47 Å². The SMILES string of the molecule is CCN1CCC(N)C1c1cccc(OC)c1OC. The Balaban J connectivity index is 2.43. The first kappa shape index (κ1) is 13.2. The van der Waals surface area contributed by atoms with Gasteiger partial charge in [-0.1, -0.05) is 19.1 Å². The van der Waals surface area contributed by atoms with Crippen LogP contribution < -0.4 is 15.2 Å². The molecule has 2 unspecified atom stereocenters. The maximum atomic E-state index is 6.25. The van der Waals surface area contributed by atoms with Gasteiger partial charge in [0.1, 0.15) is 0 Å². The third-order valence-electron chi connectivity index (χ3n) is 3.71. The first-order valence-corrected chi connectivity index (χ1v) is 6.43. The molecule has 1 aromatic carbocycles. The van der Waals surface area contributed by atoms with Crippen molar-refractivity contribution in [3.63, 3.8) is 0 Å². The predicted octanol–water partition coefficient (Wildman–Crippen LogP) is 1.80. The van der Waals surface area contributed by atoms with Crippen molar-refractivity contribution in [2.75, 3.05) is 27.3 Å². The summed E-state index contributed by atoms with van der Waals surface area (Å²) in [6.45, 7) is 4.21. The molecule has 100 valence electrons. The summed E-state index contributed by atoms with van der Waals surface area (Å²) >= 11 is 0. The van der Waals surface area contributed by atoms with Gasteiger partial charge in [0.2, 0.25) is 0 Å². The third-order valence-corrected chi connectivity index (χ3v) is 3.71. The third kappa shape index (κ3) is 2.18. The van der Waals surface area contributed by atoms with Crippen molar-refractivity contribution in [2.45, 2.75) is 25.4 Å². The minimum absolute atomic E-state index is 0.158. The molecule has 0 saturated carbocycles. The van der Waals surface area contributed by atoms with E-state index in [2.05, 4.69) is 17.9 Å². The highest BCUT2D eigenvalue weighted by molar-refractivity contribution is 5.48. The van der Waals surface area contributed by atoms with Gasteiger partial charge in [0.25, 0.3) is 0 Å². The highest BCUT2D eigenvalue weighted by Crippen LogP contribution is 2.40. The molecule has 1 aliphatic heterocycles. The summed E-state index contributed by atoms with van der Waals surface area (Å²) in [5.74, 6) is 1.57. The van der Waals surface area contributed by atoms with Crippen LogP contribution in [-0.2, 0) is 0 Å². The standard InChI is InChI=1S/C14H22N2O2/c1-4-16-9-8-11(15)13(16)10-6-5-7-12(17-2)14(10)18-3/h5-7,11,13H,4,8-9,15H2,1-3H3. The summed E-state index contributed by atoms with van der Waals surface area (Å²) in [7, 11) is 3.34. The zero-order valence-electron chi connectivity index (χ0n) is 11.3. The average Bonchev–Trinajstić information content (AvgIpc) is 2.78. The Morgan fingerprint density at radius 1 is 1.33 bits per heavy atom. The molecule has 1 saturated heterocycles. The lowest BCUT2D eigenvalue weighted by atomic mass is 9.99. The fourth-order valence-corrected chi connectivity index (χ4v) is 2.81. The van der Waals surface area contributed by atoms with Gasteiger partial charge in [0.05, 0.1) is 20.3 Å². The van der Waals surface area contributed by atoms with E-state index < -0.39 is 0 Å². The molecule has 0 spiro atoms. The Morgan fingerprint density at radius 2 is 2.11 bits per heavy atom. The molecule has 4 heteroatoms. The Hall–Kier alpha value is -1.26. The number of benzene rings is 1. The van der Waals surface area contributed by atoms with Crippen molar-refractivity contribution in [1.82, 2.24) is 4.90 Å². The van der Waals surface area contributed by atoms with E-state index in [0.717, 1.165) is 36.6 Å². The smallest absolute Gasteiger partial charge is 0.165 e. The van der Waals surface area contributed by atoms with Crippen LogP contribution in [0.25, 0.3) is 0 Å². The molecule has 1 aromatic rings. The van der Waals surface area contributed by atoms with Crippen molar-refractivity contribution in [1.29, 1.82) is 0 Å². The lowest BCUT2D eigenvalue weighted by Crippen LogP contribution is -2.32. The molecule has 2 atom stereocenters. The first-order chi connectivity index (χ1) is 8.72. The molecule has 2 rings (SSSR count). The maximum Gasteiger partial charge on any atom is 0.165 e. The molecular weight excluding hydrogens is 228 g/mol. The van der Waals surface area contributed by atoms with Crippen molar-refractivity contribution in [3.05, 3.63) is 23.8 Å². The average molecular weight is 250 g/mol. The molecule has 18 heavy (non-hydrogen) atoms. The van der Waals surface area contributed by atoms with Crippen LogP contribution in [0.3, 0.4) is 0 Å². The van der Waals surface area contributed by atoms with Crippen molar-refractivity contribution >= 4 is 0 Å². The lowest BCUT2D eigenvalue weighted by Gasteiger charge is -2.27. The van der Waals surface area contributed by atoms with Crippen LogP contribution in [0.1, 0.15) is 24.9 Å². The van der Waals surface area contributed by atoms with Gasteiger partial charge in [-0.05, 0) is 19.0 Å². The minimum atomic E-state index is 0.158. The molecule has 2 N–H and O–H groups in total. The number of likely N-dealkylation sites (N-methyl/N-ethyl adjacent to an activating group) is 1. The number of hydrogen-bond donors (Lipinski definition) is 1. The van der Waals surface area contributed by atoms with Gasteiger partial charge in [0.15, 0.2) is 11.5 Å². The number of methoxy groups -OCH3 is 2. The van der Waals surface area contributed by atoms with Crippen LogP contribution in [0, 0.1) is 0 Å². The molecule has 4 nitrogen and oxygen atoms in total. The van der Waals surface area contributed by atoms with Crippen LogP contribution in [-0.4, -0.2) is 38.3 Å². The largest absolute Gasteiger partial charge is 0.493 e. The summed E-state index contributed by atoms with van der Waals surface area (Å²) < 4.78 is 10.9. The Bertz CT molecular complexity index is 409. The summed E-state index contributed by atoms with van der Waals surface area (Å²) in [6.07, 6.45) is 1.03. The van der Waals surface area contributed by atoms with Crippen LogP contribution in [0.5, 0.6) is 11.5 Å². The number of rotatable bonds is 4. The summed E-state index contributed by atoms with van der Waals surface area (Å²) in [5, 5.41) is 0. The topological polar surface area (TPSA) is 47.7 Å². The van der Waals surface area contributed by atoms with E-state index in [1.807, 2.05) is 12.1 Å². The Labute approximate surface area is 109 Å². The molecule has 1 aliphatic rings. The molecule has 0 radical (unpaired) electrons. The van der Waals surface area contributed by atoms with Gasteiger partial charge >= 0.3 is 0 Å². The summed E-state index contributed by atoms with van der Waals surface area (Å²) in [5.41, 5.74) is 7.38.